The molecule has 0 saturated heterocycles. The molecule has 2 amide bonds. The number of ether oxygens (including phenoxy) is 2. The van der Waals surface area contributed by atoms with E-state index in [0.29, 0.717) is 22.6 Å². The molecule has 146 valence electrons. The number of para-hydroxylation sites is 2. The highest BCUT2D eigenvalue weighted by molar-refractivity contribution is 5.96. The van der Waals surface area contributed by atoms with Crippen molar-refractivity contribution in [3.63, 3.8) is 0 Å². The van der Waals surface area contributed by atoms with E-state index in [2.05, 4.69) is 10.9 Å². The second-order valence-electron chi connectivity index (χ2n) is 5.84. The van der Waals surface area contributed by atoms with Crippen molar-refractivity contribution in [3.05, 3.63) is 58.6 Å². The summed E-state index contributed by atoms with van der Waals surface area (Å²) in [5.74, 6) is -0.637. The molecule has 0 atom stereocenters. The van der Waals surface area contributed by atoms with Crippen molar-refractivity contribution in [2.75, 3.05) is 14.2 Å². The topological polar surface area (TPSA) is 112 Å². The van der Waals surface area contributed by atoms with Gasteiger partial charge in [0.1, 0.15) is 11.5 Å². The maximum atomic E-state index is 12.2. The Kier molecular flexibility index (Phi) is 5.64. The minimum atomic E-state index is -0.540. The van der Waals surface area contributed by atoms with Gasteiger partial charge < -0.3 is 13.9 Å². The number of methoxy groups -OCH3 is 2. The molecular formula is C19H19N3O6. The van der Waals surface area contributed by atoms with Crippen molar-refractivity contribution in [1.29, 1.82) is 0 Å². The van der Waals surface area contributed by atoms with Crippen molar-refractivity contribution in [1.82, 2.24) is 15.4 Å². The number of benzene rings is 2. The van der Waals surface area contributed by atoms with Gasteiger partial charge in [-0.05, 0) is 24.3 Å². The van der Waals surface area contributed by atoms with Gasteiger partial charge in [-0.3, -0.25) is 25.0 Å². The van der Waals surface area contributed by atoms with Gasteiger partial charge >= 0.3 is 5.76 Å². The number of rotatable bonds is 6. The number of fused-ring (bicyclic) bond motifs is 1. The number of nitrogens with zero attached hydrogens (tertiary/aromatic N) is 1. The predicted octanol–water partition coefficient (Wildman–Crippen LogP) is 1.46. The molecule has 2 N–H and O–H groups in total. The minimum Gasteiger partial charge on any atom is -0.497 e. The number of hydrogen-bond donors (Lipinski definition) is 2. The molecule has 0 aliphatic heterocycles. The number of carbonyl (C=O) groups excluding carboxylic acids is 2. The lowest BCUT2D eigenvalue weighted by Gasteiger charge is -2.10. The first-order valence-corrected chi connectivity index (χ1v) is 8.42. The van der Waals surface area contributed by atoms with E-state index in [1.54, 1.807) is 30.3 Å². The van der Waals surface area contributed by atoms with Crippen LogP contribution >= 0.6 is 0 Å². The first-order chi connectivity index (χ1) is 13.5. The van der Waals surface area contributed by atoms with Crippen LogP contribution in [-0.2, 0) is 11.3 Å². The first kappa shape index (κ1) is 19.0. The Morgan fingerprint density at radius 1 is 1.04 bits per heavy atom. The van der Waals surface area contributed by atoms with Gasteiger partial charge in [-0.15, -0.1) is 0 Å². The van der Waals surface area contributed by atoms with Crippen LogP contribution in [0.5, 0.6) is 11.5 Å². The lowest BCUT2D eigenvalue weighted by atomic mass is 10.2. The van der Waals surface area contributed by atoms with Gasteiger partial charge in [0.05, 0.1) is 19.7 Å². The van der Waals surface area contributed by atoms with Crippen LogP contribution in [0, 0.1) is 0 Å². The molecule has 3 aromatic rings. The fourth-order valence-electron chi connectivity index (χ4n) is 2.64. The lowest BCUT2D eigenvalue weighted by molar-refractivity contribution is -0.122. The van der Waals surface area contributed by atoms with Gasteiger partial charge in [0, 0.05) is 24.6 Å². The third-order valence-electron chi connectivity index (χ3n) is 4.07. The van der Waals surface area contributed by atoms with Crippen molar-refractivity contribution in [2.45, 2.75) is 13.0 Å². The molecule has 9 heteroatoms. The molecule has 3 rings (SSSR count). The molecule has 2 aromatic carbocycles. The summed E-state index contributed by atoms with van der Waals surface area (Å²) in [6, 6.07) is 11.6. The molecule has 28 heavy (non-hydrogen) atoms. The predicted molar refractivity (Wildman–Crippen MR) is 100 cm³/mol. The van der Waals surface area contributed by atoms with Crippen LogP contribution in [0.25, 0.3) is 11.1 Å². The molecule has 0 aliphatic rings. The number of hydrazine groups is 1. The van der Waals surface area contributed by atoms with Crippen LogP contribution in [0.1, 0.15) is 16.8 Å². The van der Waals surface area contributed by atoms with Crippen molar-refractivity contribution in [3.8, 4) is 11.5 Å². The lowest BCUT2D eigenvalue weighted by Crippen LogP contribution is -2.42. The van der Waals surface area contributed by atoms with Gasteiger partial charge in [0.2, 0.25) is 5.91 Å². The molecule has 0 bridgehead atoms. The first-order valence-electron chi connectivity index (χ1n) is 8.42. The Bertz CT molecular complexity index is 1050. The number of oxazole rings is 1. The van der Waals surface area contributed by atoms with E-state index in [4.69, 9.17) is 13.9 Å². The van der Waals surface area contributed by atoms with E-state index in [1.165, 1.54) is 30.9 Å². The van der Waals surface area contributed by atoms with Crippen LogP contribution in [0.15, 0.2) is 51.7 Å². The Labute approximate surface area is 159 Å². The number of carbonyl (C=O) groups is 2. The fourth-order valence-corrected chi connectivity index (χ4v) is 2.64. The second kappa shape index (κ2) is 8.30. The van der Waals surface area contributed by atoms with E-state index in [9.17, 15) is 14.4 Å². The molecule has 0 saturated carbocycles. The van der Waals surface area contributed by atoms with E-state index in [1.807, 2.05) is 0 Å². The number of amides is 2. The molecule has 1 heterocycles. The van der Waals surface area contributed by atoms with Gasteiger partial charge in [0.25, 0.3) is 5.91 Å². The zero-order chi connectivity index (χ0) is 20.1. The van der Waals surface area contributed by atoms with E-state index < -0.39 is 17.6 Å². The monoisotopic (exact) mass is 385 g/mol. The highest BCUT2D eigenvalue weighted by atomic mass is 16.5. The molecule has 0 radical (unpaired) electrons. The molecule has 0 spiro atoms. The maximum Gasteiger partial charge on any atom is 0.419 e. The summed E-state index contributed by atoms with van der Waals surface area (Å²) in [5, 5.41) is 0. The SMILES string of the molecule is COc1cc(OC)cc(C(=O)NNC(=O)CCn2c(=O)oc3ccccc32)c1. The van der Waals surface area contributed by atoms with E-state index >= 15 is 0 Å². The van der Waals surface area contributed by atoms with Crippen LogP contribution in [-0.4, -0.2) is 30.6 Å². The second-order valence-corrected chi connectivity index (χ2v) is 5.84. The van der Waals surface area contributed by atoms with E-state index in [-0.39, 0.29) is 18.5 Å². The molecular weight excluding hydrogens is 366 g/mol. The summed E-state index contributed by atoms with van der Waals surface area (Å²) < 4.78 is 16.7. The minimum absolute atomic E-state index is 0.0227. The van der Waals surface area contributed by atoms with Gasteiger partial charge in [-0.2, -0.15) is 0 Å². The molecule has 0 unspecified atom stereocenters. The number of aryl methyl sites for hydroxylation is 1. The largest absolute Gasteiger partial charge is 0.497 e. The Balaban J connectivity index is 1.59. The van der Waals surface area contributed by atoms with Crippen molar-refractivity contribution in [2.24, 2.45) is 0 Å². The summed E-state index contributed by atoms with van der Waals surface area (Å²) in [6.07, 6.45) is -0.0227. The number of hydrogen-bond acceptors (Lipinski definition) is 6. The normalized spacial score (nSPS) is 10.5. The fraction of sp³-hybridized carbons (Fsp3) is 0.211. The summed E-state index contributed by atoms with van der Waals surface area (Å²) in [7, 11) is 2.94. The summed E-state index contributed by atoms with van der Waals surface area (Å²) >= 11 is 0. The standard InChI is InChI=1S/C19H19N3O6/c1-26-13-9-12(10-14(11-13)27-2)18(24)21-20-17(23)7-8-22-15-5-3-4-6-16(15)28-19(22)25/h3-6,9-11H,7-8H2,1-2H3,(H,20,23)(H,21,24). The average Bonchev–Trinajstić information content (AvgIpc) is 3.04. The van der Waals surface area contributed by atoms with Crippen LogP contribution in [0.4, 0.5) is 0 Å². The quantitative estimate of drug-likeness (QED) is 0.622. The molecule has 0 fully saturated rings. The zero-order valence-electron chi connectivity index (χ0n) is 15.4. The van der Waals surface area contributed by atoms with Gasteiger partial charge in [-0.25, -0.2) is 4.79 Å². The third kappa shape index (κ3) is 4.14. The third-order valence-corrected chi connectivity index (χ3v) is 4.07. The van der Waals surface area contributed by atoms with Crippen LogP contribution in [0.2, 0.25) is 0 Å². The summed E-state index contributed by atoms with van der Waals surface area (Å²) in [6.45, 7) is 0.116. The molecule has 0 aliphatic carbocycles. The molecule has 9 nitrogen and oxygen atoms in total. The summed E-state index contributed by atoms with van der Waals surface area (Å²) in [5.41, 5.74) is 5.96. The smallest absolute Gasteiger partial charge is 0.419 e. The Hall–Kier alpha value is -3.75. The average molecular weight is 385 g/mol. The highest BCUT2D eigenvalue weighted by Crippen LogP contribution is 2.22. The van der Waals surface area contributed by atoms with Crippen LogP contribution < -0.4 is 26.1 Å². The van der Waals surface area contributed by atoms with Crippen LogP contribution in [0.3, 0.4) is 0 Å². The molecule has 1 aromatic heterocycles. The maximum absolute atomic E-state index is 12.2. The summed E-state index contributed by atoms with van der Waals surface area (Å²) in [4.78, 5) is 36.2. The Morgan fingerprint density at radius 3 is 2.39 bits per heavy atom. The number of nitrogens with one attached hydrogen (secondary N) is 2. The Morgan fingerprint density at radius 2 is 1.71 bits per heavy atom. The van der Waals surface area contributed by atoms with Gasteiger partial charge in [-0.1, -0.05) is 12.1 Å². The van der Waals surface area contributed by atoms with Crippen molar-refractivity contribution < 1.29 is 23.5 Å². The number of aromatic nitrogens is 1. The van der Waals surface area contributed by atoms with Crippen molar-refractivity contribution >= 4 is 22.9 Å². The highest BCUT2D eigenvalue weighted by Gasteiger charge is 2.13. The van der Waals surface area contributed by atoms with E-state index in [0.717, 1.165) is 0 Å². The zero-order valence-corrected chi connectivity index (χ0v) is 15.4. The van der Waals surface area contributed by atoms with Gasteiger partial charge in [0.15, 0.2) is 5.58 Å².